The summed E-state index contributed by atoms with van der Waals surface area (Å²) in [6.45, 7) is -1.38. The van der Waals surface area contributed by atoms with Crippen LogP contribution in [-0.4, -0.2) is 89.8 Å². The molecule has 0 spiro atoms. The topological polar surface area (TPSA) is 236 Å². The molecule has 1 aromatic rings. The third kappa shape index (κ3) is 6.21. The van der Waals surface area contributed by atoms with Gasteiger partial charge in [-0.15, -0.1) is 0 Å². The number of nitrogen functional groups attached to an aromatic ring is 1. The monoisotopic (exact) mass is 507 g/mol. The third-order valence-corrected chi connectivity index (χ3v) is 5.91. The lowest BCUT2D eigenvalue weighted by Gasteiger charge is -2.28. The highest BCUT2D eigenvalue weighted by Crippen LogP contribution is 2.45. The molecule has 0 aliphatic carbocycles. The van der Waals surface area contributed by atoms with Crippen LogP contribution in [0.2, 0.25) is 0 Å². The number of phosphoric ester groups is 1. The fraction of sp³-hybridized carbons (Fsp3) is 0.556. The Morgan fingerprint density at radius 3 is 2.76 bits per heavy atom. The summed E-state index contributed by atoms with van der Waals surface area (Å²) in [4.78, 5) is 25.4. The Balaban J connectivity index is 1.57. The van der Waals surface area contributed by atoms with Crippen LogP contribution in [-0.2, 0) is 23.1 Å². The van der Waals surface area contributed by atoms with Crippen molar-refractivity contribution in [3.63, 3.8) is 0 Å². The van der Waals surface area contributed by atoms with Crippen LogP contribution in [0.25, 0.3) is 0 Å². The highest BCUT2D eigenvalue weighted by Gasteiger charge is 2.45. The standard InChI is InChI=1S/C18H26N3O12P/c19-13-4-5-21(18(27)20-13)17-16(26)15(25)12(33-17)8-31-34(28,29)30-7-9-2-1-3-11(32-9)14(24)10(23)6-22/h1-2,4-5,7,10-12,14-17,22-26H,3,6,8H2,(H,28,29)(H2,19,20,27)/b9-7+/t10-,11?,12-,14-,15?,16+,17-/m1/s1. The second-order valence-corrected chi connectivity index (χ2v) is 8.92. The zero-order valence-electron chi connectivity index (χ0n) is 17.6. The van der Waals surface area contributed by atoms with Gasteiger partial charge in [0.05, 0.1) is 13.2 Å². The first-order valence-electron chi connectivity index (χ1n) is 10.0. The van der Waals surface area contributed by atoms with E-state index in [0.29, 0.717) is 0 Å². The molecular weight excluding hydrogens is 481 g/mol. The number of ether oxygens (including phenoxy) is 2. The van der Waals surface area contributed by atoms with Gasteiger partial charge in [-0.3, -0.25) is 14.0 Å². The summed E-state index contributed by atoms with van der Waals surface area (Å²) in [5.74, 6) is -0.120. The lowest BCUT2D eigenvalue weighted by atomic mass is 10.0. The summed E-state index contributed by atoms with van der Waals surface area (Å²) < 4.78 is 33.4. The highest BCUT2D eigenvalue weighted by molar-refractivity contribution is 7.47. The molecule has 1 aromatic heterocycles. The van der Waals surface area contributed by atoms with Gasteiger partial charge in [0.15, 0.2) is 12.0 Å². The number of hydrogen-bond acceptors (Lipinski definition) is 13. The van der Waals surface area contributed by atoms with Crippen LogP contribution in [0.4, 0.5) is 5.82 Å². The van der Waals surface area contributed by atoms with Crippen LogP contribution in [0.5, 0.6) is 0 Å². The van der Waals surface area contributed by atoms with Crippen LogP contribution in [0, 0.1) is 0 Å². The van der Waals surface area contributed by atoms with Gasteiger partial charge in [-0.05, 0) is 12.1 Å². The number of allylic oxidation sites excluding steroid dienone is 1. The van der Waals surface area contributed by atoms with Crippen molar-refractivity contribution in [2.75, 3.05) is 18.9 Å². The Bertz CT molecular complexity index is 1020. The number of hydrogen-bond donors (Lipinski definition) is 7. The first-order chi connectivity index (χ1) is 16.0. The number of rotatable bonds is 9. The molecule has 8 atom stereocenters. The Morgan fingerprint density at radius 1 is 1.35 bits per heavy atom. The molecule has 190 valence electrons. The van der Waals surface area contributed by atoms with Crippen molar-refractivity contribution in [3.8, 4) is 0 Å². The first-order valence-corrected chi connectivity index (χ1v) is 11.5. The van der Waals surface area contributed by atoms with Gasteiger partial charge in [0.2, 0.25) is 0 Å². The van der Waals surface area contributed by atoms with Gasteiger partial charge in [-0.2, -0.15) is 4.98 Å². The minimum atomic E-state index is -4.75. The molecule has 0 amide bonds. The minimum absolute atomic E-state index is 0.0520. The van der Waals surface area contributed by atoms with Crippen molar-refractivity contribution in [1.29, 1.82) is 0 Å². The van der Waals surface area contributed by atoms with Crippen LogP contribution in [0.1, 0.15) is 12.6 Å². The van der Waals surface area contributed by atoms with E-state index >= 15 is 0 Å². The van der Waals surface area contributed by atoms with Gasteiger partial charge in [-0.1, -0.05) is 6.08 Å². The van der Waals surface area contributed by atoms with E-state index in [-0.39, 0.29) is 18.0 Å². The second-order valence-electron chi connectivity index (χ2n) is 7.51. The summed E-state index contributed by atoms with van der Waals surface area (Å²) in [5.41, 5.74) is 4.58. The van der Waals surface area contributed by atoms with Crippen molar-refractivity contribution < 1.29 is 53.5 Å². The predicted molar refractivity (Wildman–Crippen MR) is 112 cm³/mol. The van der Waals surface area contributed by atoms with Gasteiger partial charge in [0.1, 0.15) is 48.7 Å². The summed E-state index contributed by atoms with van der Waals surface area (Å²) in [7, 11) is -4.75. The third-order valence-electron chi connectivity index (χ3n) is 5.07. The van der Waals surface area contributed by atoms with Crippen LogP contribution >= 0.6 is 7.82 Å². The quantitative estimate of drug-likeness (QED) is 0.135. The van der Waals surface area contributed by atoms with Crippen LogP contribution in [0.15, 0.2) is 41.2 Å². The Labute approximate surface area is 192 Å². The van der Waals surface area contributed by atoms with E-state index in [9.17, 15) is 34.7 Å². The predicted octanol–water partition coefficient (Wildman–Crippen LogP) is -2.52. The molecule has 34 heavy (non-hydrogen) atoms. The van der Waals surface area contributed by atoms with Gasteiger partial charge in [-0.25, -0.2) is 9.36 Å². The molecule has 1 saturated heterocycles. The van der Waals surface area contributed by atoms with E-state index in [2.05, 4.69) is 4.98 Å². The van der Waals surface area contributed by atoms with Gasteiger partial charge >= 0.3 is 13.5 Å². The smallest absolute Gasteiger partial charge is 0.484 e. The maximum Gasteiger partial charge on any atom is 0.527 e. The Hall–Kier alpha value is -2.33. The molecule has 2 aliphatic rings. The Morgan fingerprint density at radius 2 is 2.09 bits per heavy atom. The average Bonchev–Trinajstić information content (AvgIpc) is 3.09. The lowest BCUT2D eigenvalue weighted by molar-refractivity contribution is -0.0852. The number of anilines is 1. The van der Waals surface area contributed by atoms with Crippen molar-refractivity contribution >= 4 is 13.6 Å². The molecule has 3 unspecified atom stereocenters. The second kappa shape index (κ2) is 10.9. The number of phosphoric acid groups is 1. The fourth-order valence-corrected chi connectivity index (χ4v) is 3.88. The zero-order valence-corrected chi connectivity index (χ0v) is 18.5. The first kappa shape index (κ1) is 26.3. The molecule has 0 saturated carbocycles. The molecular formula is C18H26N3O12P. The number of aliphatic hydroxyl groups excluding tert-OH is 5. The molecule has 0 bridgehead atoms. The molecule has 2 aliphatic heterocycles. The SMILES string of the molecule is Nc1ccn([C@@H]2O[C@H](COP(=O)(O)O/C=C3\C=CCC([C@H](O)[C@H](O)CO)O3)C(O)[C@@H]2O)c(=O)n1. The highest BCUT2D eigenvalue weighted by atomic mass is 31.2. The van der Waals surface area contributed by atoms with E-state index in [1.807, 2.05) is 0 Å². The number of nitrogens with zero attached hydrogens (tertiary/aromatic N) is 2. The lowest BCUT2D eigenvalue weighted by Crippen LogP contribution is -2.41. The molecule has 8 N–H and O–H groups in total. The van der Waals surface area contributed by atoms with Crippen LogP contribution < -0.4 is 11.4 Å². The molecule has 1 fully saturated rings. The van der Waals surface area contributed by atoms with Crippen molar-refractivity contribution in [2.45, 2.75) is 49.3 Å². The molecule has 3 rings (SSSR count). The maximum atomic E-state index is 12.2. The van der Waals surface area contributed by atoms with Gasteiger partial charge in [0, 0.05) is 12.6 Å². The van der Waals surface area contributed by atoms with E-state index in [0.717, 1.165) is 10.8 Å². The average molecular weight is 507 g/mol. The van der Waals surface area contributed by atoms with E-state index in [4.69, 9.17) is 29.4 Å². The summed E-state index contributed by atoms with van der Waals surface area (Å²) >= 11 is 0. The largest absolute Gasteiger partial charge is 0.527 e. The normalized spacial score (nSPS) is 31.6. The fourth-order valence-electron chi connectivity index (χ4n) is 3.25. The Kier molecular flexibility index (Phi) is 8.46. The van der Waals surface area contributed by atoms with Gasteiger partial charge < -0.3 is 45.3 Å². The number of aromatic nitrogens is 2. The molecule has 16 heteroatoms. The van der Waals surface area contributed by atoms with Crippen molar-refractivity contribution in [1.82, 2.24) is 9.55 Å². The maximum absolute atomic E-state index is 12.2. The summed E-state index contributed by atoms with van der Waals surface area (Å²) in [6.07, 6.45) is -4.47. The van der Waals surface area contributed by atoms with Crippen molar-refractivity contribution in [2.24, 2.45) is 0 Å². The molecule has 0 radical (unpaired) electrons. The van der Waals surface area contributed by atoms with E-state index in [1.165, 1.54) is 18.3 Å². The molecule has 15 nitrogen and oxygen atoms in total. The molecule has 0 aromatic carbocycles. The summed E-state index contributed by atoms with van der Waals surface area (Å²) in [5, 5.41) is 48.7. The van der Waals surface area contributed by atoms with Crippen molar-refractivity contribution in [3.05, 3.63) is 46.9 Å². The minimum Gasteiger partial charge on any atom is -0.484 e. The number of aliphatic hydroxyl groups is 5. The van der Waals surface area contributed by atoms with E-state index < -0.39 is 69.6 Å². The molecule has 3 heterocycles. The van der Waals surface area contributed by atoms with Crippen LogP contribution in [0.3, 0.4) is 0 Å². The zero-order chi connectivity index (χ0) is 25.0. The summed E-state index contributed by atoms with van der Waals surface area (Å²) in [6, 6.07) is 1.28. The number of nitrogens with two attached hydrogens (primary N) is 1. The van der Waals surface area contributed by atoms with E-state index in [1.54, 1.807) is 6.08 Å². The van der Waals surface area contributed by atoms with Gasteiger partial charge in [0.25, 0.3) is 0 Å².